The van der Waals surface area contributed by atoms with E-state index in [2.05, 4.69) is 15.5 Å². The molecule has 0 aliphatic carbocycles. The van der Waals surface area contributed by atoms with E-state index in [0.717, 1.165) is 12.2 Å². The van der Waals surface area contributed by atoms with Crippen LogP contribution in [0, 0.1) is 0 Å². The maximum Gasteiger partial charge on any atom is 0.0518 e. The highest BCUT2D eigenvalue weighted by Crippen LogP contribution is 2.05. The zero-order chi connectivity index (χ0) is 9.68. The van der Waals surface area contributed by atoms with Crippen LogP contribution in [0.4, 0.5) is 0 Å². The van der Waals surface area contributed by atoms with E-state index in [1.807, 2.05) is 13.0 Å². The summed E-state index contributed by atoms with van der Waals surface area (Å²) in [5.74, 6) is 0.693. The Kier molecular flexibility index (Phi) is 4.11. The predicted molar refractivity (Wildman–Crippen MR) is 53.9 cm³/mol. The second kappa shape index (κ2) is 5.14. The maximum atomic E-state index is 10.8. The summed E-state index contributed by atoms with van der Waals surface area (Å²) in [5.41, 5.74) is 1.06. The standard InChI is InChI=1S/C8H15N3OS/c1-7(8-3-4-10-11-8)9-5-6-13(2)12/h3-4,7,9H,5-6H2,1-2H3,(H,10,11). The Bertz CT molecular complexity index is 260. The van der Waals surface area contributed by atoms with Gasteiger partial charge in [0.2, 0.25) is 0 Å². The molecule has 0 saturated carbocycles. The van der Waals surface area contributed by atoms with Crippen molar-refractivity contribution in [2.75, 3.05) is 18.6 Å². The molecule has 4 nitrogen and oxygen atoms in total. The lowest BCUT2D eigenvalue weighted by atomic mass is 10.2. The van der Waals surface area contributed by atoms with E-state index in [-0.39, 0.29) is 6.04 Å². The molecule has 1 aromatic rings. The Balaban J connectivity index is 2.26. The van der Waals surface area contributed by atoms with E-state index in [4.69, 9.17) is 0 Å². The van der Waals surface area contributed by atoms with Crippen molar-refractivity contribution in [3.63, 3.8) is 0 Å². The molecule has 2 N–H and O–H groups in total. The van der Waals surface area contributed by atoms with E-state index in [1.165, 1.54) is 0 Å². The number of hydrogen-bond donors (Lipinski definition) is 2. The number of rotatable bonds is 5. The summed E-state index contributed by atoms with van der Waals surface area (Å²) in [5, 5.41) is 10.0. The molecule has 0 aliphatic rings. The lowest BCUT2D eigenvalue weighted by molar-refractivity contribution is 0.581. The lowest BCUT2D eigenvalue weighted by Crippen LogP contribution is -2.23. The fourth-order valence-electron chi connectivity index (χ4n) is 1.04. The number of nitrogens with zero attached hydrogens (tertiary/aromatic N) is 1. The molecule has 0 radical (unpaired) electrons. The van der Waals surface area contributed by atoms with Crippen LogP contribution in [0.1, 0.15) is 18.7 Å². The highest BCUT2D eigenvalue weighted by Gasteiger charge is 2.04. The van der Waals surface area contributed by atoms with Gasteiger partial charge in [0.25, 0.3) is 0 Å². The minimum Gasteiger partial charge on any atom is -0.308 e. The van der Waals surface area contributed by atoms with Crippen LogP contribution in [0.15, 0.2) is 12.3 Å². The van der Waals surface area contributed by atoms with Crippen molar-refractivity contribution >= 4 is 10.8 Å². The quantitative estimate of drug-likeness (QED) is 0.726. The van der Waals surface area contributed by atoms with Crippen molar-refractivity contribution < 1.29 is 4.21 Å². The first kappa shape index (κ1) is 10.4. The average Bonchev–Trinajstić information content (AvgIpc) is 2.55. The minimum absolute atomic E-state index is 0.242. The fraction of sp³-hybridized carbons (Fsp3) is 0.625. The molecule has 0 saturated heterocycles. The van der Waals surface area contributed by atoms with Gasteiger partial charge < -0.3 is 5.32 Å². The molecule has 2 atom stereocenters. The monoisotopic (exact) mass is 201 g/mol. The van der Waals surface area contributed by atoms with Crippen LogP contribution < -0.4 is 5.32 Å². The molecule has 13 heavy (non-hydrogen) atoms. The highest BCUT2D eigenvalue weighted by molar-refractivity contribution is 7.84. The first-order chi connectivity index (χ1) is 6.20. The second-order valence-corrected chi connectivity index (χ2v) is 4.52. The Labute approximate surface area is 80.6 Å². The number of hydrogen-bond acceptors (Lipinski definition) is 3. The van der Waals surface area contributed by atoms with Gasteiger partial charge in [0, 0.05) is 41.6 Å². The Morgan fingerprint density at radius 3 is 3.08 bits per heavy atom. The number of aromatic nitrogens is 2. The van der Waals surface area contributed by atoms with Crippen LogP contribution in [-0.2, 0) is 10.8 Å². The third-order valence-electron chi connectivity index (χ3n) is 1.83. The van der Waals surface area contributed by atoms with Gasteiger partial charge in [-0.2, -0.15) is 5.10 Å². The largest absolute Gasteiger partial charge is 0.308 e. The van der Waals surface area contributed by atoms with Crippen molar-refractivity contribution in [1.82, 2.24) is 15.5 Å². The van der Waals surface area contributed by atoms with Gasteiger partial charge in [0.15, 0.2) is 0 Å². The van der Waals surface area contributed by atoms with Crippen LogP contribution in [0.25, 0.3) is 0 Å². The molecule has 0 amide bonds. The van der Waals surface area contributed by atoms with Crippen molar-refractivity contribution in [3.8, 4) is 0 Å². The van der Waals surface area contributed by atoms with Crippen molar-refractivity contribution in [3.05, 3.63) is 18.0 Å². The van der Waals surface area contributed by atoms with E-state index < -0.39 is 10.8 Å². The molecule has 1 heterocycles. The van der Waals surface area contributed by atoms with Gasteiger partial charge in [-0.25, -0.2) is 0 Å². The topological polar surface area (TPSA) is 57.8 Å². The first-order valence-electron chi connectivity index (χ1n) is 4.23. The van der Waals surface area contributed by atoms with Crippen LogP contribution >= 0.6 is 0 Å². The van der Waals surface area contributed by atoms with Gasteiger partial charge in [0.05, 0.1) is 5.69 Å². The van der Waals surface area contributed by atoms with E-state index in [1.54, 1.807) is 12.5 Å². The summed E-state index contributed by atoms with van der Waals surface area (Å²) in [6, 6.07) is 2.17. The summed E-state index contributed by atoms with van der Waals surface area (Å²) in [4.78, 5) is 0. The summed E-state index contributed by atoms with van der Waals surface area (Å²) in [6.07, 6.45) is 3.44. The van der Waals surface area contributed by atoms with Crippen molar-refractivity contribution in [2.24, 2.45) is 0 Å². The van der Waals surface area contributed by atoms with Gasteiger partial charge in [-0.05, 0) is 13.0 Å². The van der Waals surface area contributed by atoms with E-state index >= 15 is 0 Å². The normalized spacial score (nSPS) is 15.5. The number of nitrogens with one attached hydrogen (secondary N) is 2. The molecule has 1 aromatic heterocycles. The molecule has 0 aromatic carbocycles. The smallest absolute Gasteiger partial charge is 0.0518 e. The maximum absolute atomic E-state index is 10.8. The van der Waals surface area contributed by atoms with Gasteiger partial charge in [0.1, 0.15) is 0 Å². The molecule has 0 fully saturated rings. The van der Waals surface area contributed by atoms with Crippen LogP contribution in [-0.4, -0.2) is 33.0 Å². The summed E-state index contributed by atoms with van der Waals surface area (Å²) < 4.78 is 10.8. The number of H-pyrrole nitrogens is 1. The summed E-state index contributed by atoms with van der Waals surface area (Å²) in [6.45, 7) is 2.81. The third-order valence-corrected chi connectivity index (χ3v) is 2.61. The van der Waals surface area contributed by atoms with Gasteiger partial charge in [-0.3, -0.25) is 9.31 Å². The van der Waals surface area contributed by atoms with Crippen LogP contribution in [0.2, 0.25) is 0 Å². The zero-order valence-electron chi connectivity index (χ0n) is 7.91. The van der Waals surface area contributed by atoms with Crippen molar-refractivity contribution in [2.45, 2.75) is 13.0 Å². The highest BCUT2D eigenvalue weighted by atomic mass is 32.2. The van der Waals surface area contributed by atoms with E-state index in [9.17, 15) is 4.21 Å². The van der Waals surface area contributed by atoms with Crippen molar-refractivity contribution in [1.29, 1.82) is 0 Å². The molecule has 0 bridgehead atoms. The van der Waals surface area contributed by atoms with E-state index in [0.29, 0.717) is 5.75 Å². The summed E-state index contributed by atoms with van der Waals surface area (Å²) in [7, 11) is -0.717. The lowest BCUT2D eigenvalue weighted by Gasteiger charge is -2.10. The molecule has 0 aliphatic heterocycles. The molecule has 1 rings (SSSR count). The van der Waals surface area contributed by atoms with Gasteiger partial charge >= 0.3 is 0 Å². The zero-order valence-corrected chi connectivity index (χ0v) is 8.73. The first-order valence-corrected chi connectivity index (χ1v) is 5.95. The SMILES string of the molecule is CC(NCCS(C)=O)c1ccn[nH]1. The predicted octanol–water partition coefficient (Wildman–Crippen LogP) is 0.439. The van der Waals surface area contributed by atoms with Gasteiger partial charge in [-0.15, -0.1) is 0 Å². The Morgan fingerprint density at radius 2 is 2.54 bits per heavy atom. The average molecular weight is 201 g/mol. The fourth-order valence-corrected chi connectivity index (χ4v) is 1.44. The molecule has 2 unspecified atom stereocenters. The van der Waals surface area contributed by atoms with Crippen LogP contribution in [0.3, 0.4) is 0 Å². The number of aromatic amines is 1. The molecule has 0 spiro atoms. The van der Waals surface area contributed by atoms with Gasteiger partial charge in [-0.1, -0.05) is 0 Å². The van der Waals surface area contributed by atoms with Crippen LogP contribution in [0.5, 0.6) is 0 Å². The molecule has 5 heteroatoms. The second-order valence-electron chi connectivity index (χ2n) is 2.97. The third kappa shape index (κ3) is 3.69. The minimum atomic E-state index is -0.717. The molecular formula is C8H15N3OS. The Hall–Kier alpha value is -0.680. The molecular weight excluding hydrogens is 186 g/mol. The summed E-state index contributed by atoms with van der Waals surface area (Å²) >= 11 is 0. The Morgan fingerprint density at radius 1 is 1.77 bits per heavy atom. The molecule has 74 valence electrons.